The van der Waals surface area contributed by atoms with E-state index < -0.39 is 16.0 Å². The minimum atomic E-state index is -3.56. The Labute approximate surface area is 110 Å². The van der Waals surface area contributed by atoms with Crippen molar-refractivity contribution >= 4 is 33.3 Å². The normalized spacial score (nSPS) is 11.2. The molecule has 0 aliphatic heterocycles. The van der Waals surface area contributed by atoms with E-state index in [1.54, 1.807) is 0 Å². The predicted molar refractivity (Wildman–Crippen MR) is 67.7 cm³/mol. The molecule has 0 fully saturated rings. The fraction of sp³-hybridized carbons (Fsp3) is 0.300. The molecular weight excluding hydrogens is 282 g/mol. The van der Waals surface area contributed by atoms with Gasteiger partial charge in [0.05, 0.1) is 28.6 Å². The SMILES string of the molecule is COCCS(=O)(=O)Nc1ccc(C(=O)O)cc1Cl. The number of anilines is 1. The summed E-state index contributed by atoms with van der Waals surface area (Å²) in [6, 6.07) is 3.75. The number of ether oxygens (including phenoxy) is 1. The van der Waals surface area contributed by atoms with Gasteiger partial charge in [0.2, 0.25) is 10.0 Å². The molecule has 0 aromatic heterocycles. The van der Waals surface area contributed by atoms with E-state index >= 15 is 0 Å². The molecule has 1 aromatic carbocycles. The Morgan fingerprint density at radius 2 is 2.17 bits per heavy atom. The van der Waals surface area contributed by atoms with Gasteiger partial charge in [-0.1, -0.05) is 11.6 Å². The van der Waals surface area contributed by atoms with E-state index in [1.165, 1.54) is 25.3 Å². The summed E-state index contributed by atoms with van der Waals surface area (Å²) in [5, 5.41) is 8.76. The van der Waals surface area contributed by atoms with Gasteiger partial charge >= 0.3 is 5.97 Å². The second kappa shape index (κ2) is 6.03. The Morgan fingerprint density at radius 3 is 2.67 bits per heavy atom. The molecule has 18 heavy (non-hydrogen) atoms. The average Bonchev–Trinajstić information content (AvgIpc) is 2.29. The van der Waals surface area contributed by atoms with E-state index in [0.29, 0.717) is 0 Å². The van der Waals surface area contributed by atoms with E-state index in [2.05, 4.69) is 9.46 Å². The quantitative estimate of drug-likeness (QED) is 0.827. The number of nitrogens with one attached hydrogen (secondary N) is 1. The molecule has 0 bridgehead atoms. The van der Waals surface area contributed by atoms with Crippen molar-refractivity contribution in [1.82, 2.24) is 0 Å². The third-order valence-electron chi connectivity index (χ3n) is 2.04. The van der Waals surface area contributed by atoms with Crippen LogP contribution in [0.3, 0.4) is 0 Å². The van der Waals surface area contributed by atoms with Crippen molar-refractivity contribution < 1.29 is 23.1 Å². The Bertz CT molecular complexity index is 543. The standard InChI is InChI=1S/C10H12ClNO5S/c1-17-4-5-18(15,16)12-9-3-2-7(10(13)14)6-8(9)11/h2-3,6,12H,4-5H2,1H3,(H,13,14). The molecule has 0 saturated heterocycles. The molecule has 0 saturated carbocycles. The first kappa shape index (κ1) is 14.7. The molecule has 0 spiro atoms. The molecular formula is C10H12ClNO5S. The Kier molecular flexibility index (Phi) is 4.94. The molecule has 2 N–H and O–H groups in total. The summed E-state index contributed by atoms with van der Waals surface area (Å²) in [6.45, 7) is 0.0557. The lowest BCUT2D eigenvalue weighted by Crippen LogP contribution is -2.20. The maximum atomic E-state index is 11.6. The third-order valence-corrected chi connectivity index (χ3v) is 3.59. The van der Waals surface area contributed by atoms with Crippen LogP contribution < -0.4 is 4.72 Å². The van der Waals surface area contributed by atoms with Crippen LogP contribution in [0.15, 0.2) is 18.2 Å². The van der Waals surface area contributed by atoms with Crippen molar-refractivity contribution in [1.29, 1.82) is 0 Å². The first-order valence-electron chi connectivity index (χ1n) is 4.88. The summed E-state index contributed by atoms with van der Waals surface area (Å²) in [5.41, 5.74) is 0.123. The highest BCUT2D eigenvalue weighted by atomic mass is 35.5. The molecule has 0 unspecified atom stereocenters. The maximum Gasteiger partial charge on any atom is 0.335 e. The highest BCUT2D eigenvalue weighted by Crippen LogP contribution is 2.24. The number of hydrogen-bond donors (Lipinski definition) is 2. The molecule has 0 aliphatic rings. The van der Waals surface area contributed by atoms with Crippen LogP contribution >= 0.6 is 11.6 Å². The summed E-state index contributed by atoms with van der Waals surface area (Å²) < 4.78 is 30.0. The first-order chi connectivity index (χ1) is 8.35. The van der Waals surface area contributed by atoms with Crippen LogP contribution in [0.5, 0.6) is 0 Å². The van der Waals surface area contributed by atoms with Crippen molar-refractivity contribution in [2.24, 2.45) is 0 Å². The van der Waals surface area contributed by atoms with Gasteiger partial charge in [-0.15, -0.1) is 0 Å². The van der Waals surface area contributed by atoms with Crippen molar-refractivity contribution in [3.05, 3.63) is 28.8 Å². The van der Waals surface area contributed by atoms with Crippen LogP contribution in [0.4, 0.5) is 5.69 Å². The number of sulfonamides is 1. The molecule has 1 aromatic rings. The first-order valence-corrected chi connectivity index (χ1v) is 6.91. The maximum absolute atomic E-state index is 11.6. The van der Waals surface area contributed by atoms with Crippen LogP contribution in [0, 0.1) is 0 Å². The van der Waals surface area contributed by atoms with Crippen molar-refractivity contribution in [2.75, 3.05) is 24.2 Å². The number of carbonyl (C=O) groups is 1. The summed E-state index contributed by atoms with van der Waals surface area (Å²) in [5.74, 6) is -1.34. The van der Waals surface area contributed by atoms with Gasteiger partial charge in [-0.3, -0.25) is 4.72 Å². The molecule has 6 nitrogen and oxygen atoms in total. The monoisotopic (exact) mass is 293 g/mol. The zero-order chi connectivity index (χ0) is 13.8. The molecule has 100 valence electrons. The molecule has 0 atom stereocenters. The number of carboxylic acid groups (broad SMARTS) is 1. The topological polar surface area (TPSA) is 92.7 Å². The van der Waals surface area contributed by atoms with Gasteiger partial charge in [-0.25, -0.2) is 13.2 Å². The van der Waals surface area contributed by atoms with Gasteiger partial charge in [0.15, 0.2) is 0 Å². The smallest absolute Gasteiger partial charge is 0.335 e. The third kappa shape index (κ3) is 4.17. The molecule has 1 rings (SSSR count). The van der Waals surface area contributed by atoms with E-state index in [1.807, 2.05) is 0 Å². The van der Waals surface area contributed by atoms with E-state index in [0.717, 1.165) is 0 Å². The van der Waals surface area contributed by atoms with Gasteiger partial charge in [0, 0.05) is 7.11 Å². The van der Waals surface area contributed by atoms with Crippen LogP contribution in [0.2, 0.25) is 5.02 Å². The Hall–Kier alpha value is -1.31. The highest BCUT2D eigenvalue weighted by molar-refractivity contribution is 7.92. The number of aromatic carboxylic acids is 1. The van der Waals surface area contributed by atoms with Crippen LogP contribution in [-0.2, 0) is 14.8 Å². The molecule has 0 amide bonds. The highest BCUT2D eigenvalue weighted by Gasteiger charge is 2.13. The van der Waals surface area contributed by atoms with E-state index in [9.17, 15) is 13.2 Å². The Balaban J connectivity index is 2.89. The van der Waals surface area contributed by atoms with E-state index in [4.69, 9.17) is 16.7 Å². The van der Waals surface area contributed by atoms with Crippen LogP contribution in [0.1, 0.15) is 10.4 Å². The minimum Gasteiger partial charge on any atom is -0.478 e. The van der Waals surface area contributed by atoms with Crippen LogP contribution in [0.25, 0.3) is 0 Å². The van der Waals surface area contributed by atoms with Crippen molar-refractivity contribution in [3.8, 4) is 0 Å². The minimum absolute atomic E-state index is 0.0140. The second-order valence-corrected chi connectivity index (χ2v) is 5.66. The zero-order valence-corrected chi connectivity index (χ0v) is 11.1. The molecule has 8 heteroatoms. The predicted octanol–water partition coefficient (Wildman–Crippen LogP) is 1.43. The number of methoxy groups -OCH3 is 1. The number of benzene rings is 1. The van der Waals surface area contributed by atoms with Gasteiger partial charge in [0.25, 0.3) is 0 Å². The zero-order valence-electron chi connectivity index (χ0n) is 9.51. The van der Waals surface area contributed by atoms with Gasteiger partial charge < -0.3 is 9.84 Å². The average molecular weight is 294 g/mol. The number of rotatable bonds is 6. The summed E-state index contributed by atoms with van der Waals surface area (Å²) in [4.78, 5) is 10.7. The largest absolute Gasteiger partial charge is 0.478 e. The lowest BCUT2D eigenvalue weighted by atomic mass is 10.2. The molecule has 0 aliphatic carbocycles. The molecule has 0 heterocycles. The lowest BCUT2D eigenvalue weighted by molar-refractivity contribution is 0.0697. The number of halogens is 1. The number of hydrogen-bond acceptors (Lipinski definition) is 4. The van der Waals surface area contributed by atoms with Crippen molar-refractivity contribution in [3.63, 3.8) is 0 Å². The van der Waals surface area contributed by atoms with Crippen LogP contribution in [-0.4, -0.2) is 39.0 Å². The van der Waals surface area contributed by atoms with Gasteiger partial charge in [-0.2, -0.15) is 0 Å². The fourth-order valence-electron chi connectivity index (χ4n) is 1.14. The number of carboxylic acids is 1. The van der Waals surface area contributed by atoms with Gasteiger partial charge in [-0.05, 0) is 18.2 Å². The lowest BCUT2D eigenvalue weighted by Gasteiger charge is -2.09. The summed E-state index contributed by atoms with van der Waals surface area (Å²) in [6.07, 6.45) is 0. The Morgan fingerprint density at radius 1 is 1.50 bits per heavy atom. The van der Waals surface area contributed by atoms with E-state index in [-0.39, 0.29) is 28.6 Å². The summed E-state index contributed by atoms with van der Waals surface area (Å²) in [7, 11) is -2.17. The molecule has 0 radical (unpaired) electrons. The van der Waals surface area contributed by atoms with Gasteiger partial charge in [0.1, 0.15) is 0 Å². The fourth-order valence-corrected chi connectivity index (χ4v) is 2.43. The summed E-state index contributed by atoms with van der Waals surface area (Å²) >= 11 is 5.79. The van der Waals surface area contributed by atoms with Crippen molar-refractivity contribution in [2.45, 2.75) is 0 Å². The second-order valence-electron chi connectivity index (χ2n) is 3.41.